The minimum absolute atomic E-state index is 0.0695. The number of nitriles is 1. The van der Waals surface area contributed by atoms with Gasteiger partial charge in [-0.2, -0.15) is 5.26 Å². The molecule has 78 valence electrons. The van der Waals surface area contributed by atoms with Crippen molar-refractivity contribution < 1.29 is 4.92 Å². The first kappa shape index (κ1) is 11.8. The molecule has 0 saturated carbocycles. The Labute approximate surface area is 96.2 Å². The van der Waals surface area contributed by atoms with Crippen molar-refractivity contribution in [3.05, 3.63) is 39.9 Å². The third kappa shape index (κ3) is 2.82. The van der Waals surface area contributed by atoms with Crippen molar-refractivity contribution in [1.29, 1.82) is 5.26 Å². The van der Waals surface area contributed by atoms with Gasteiger partial charge in [-0.15, -0.1) is 23.2 Å². The van der Waals surface area contributed by atoms with E-state index in [-0.39, 0.29) is 5.69 Å². The quantitative estimate of drug-likeness (QED) is 0.467. The van der Waals surface area contributed by atoms with Crippen LogP contribution in [0.2, 0.25) is 0 Å². The zero-order chi connectivity index (χ0) is 11.4. The molecule has 1 aromatic carbocycles. The standard InChI is InChI=1S/C9H6Cl2N2O2/c10-8(5-12)9(11)6-2-1-3-7(4-6)13(14)15/h1-4,8-9H. The molecule has 4 nitrogen and oxygen atoms in total. The molecule has 0 aliphatic carbocycles. The Morgan fingerprint density at radius 2 is 2.13 bits per heavy atom. The van der Waals surface area contributed by atoms with Crippen molar-refractivity contribution in [2.45, 2.75) is 10.8 Å². The second-order valence-corrected chi connectivity index (χ2v) is 3.73. The van der Waals surface area contributed by atoms with Crippen molar-refractivity contribution in [3.63, 3.8) is 0 Å². The fourth-order valence-corrected chi connectivity index (χ4v) is 1.38. The van der Waals surface area contributed by atoms with Gasteiger partial charge in [0.1, 0.15) is 5.38 Å². The van der Waals surface area contributed by atoms with Crippen LogP contribution in [0.3, 0.4) is 0 Å². The van der Waals surface area contributed by atoms with Crippen LogP contribution >= 0.6 is 23.2 Å². The molecule has 0 aliphatic rings. The predicted molar refractivity (Wildman–Crippen MR) is 56.9 cm³/mol. The van der Waals surface area contributed by atoms with E-state index in [1.807, 2.05) is 0 Å². The van der Waals surface area contributed by atoms with Crippen LogP contribution in [0.4, 0.5) is 5.69 Å². The highest BCUT2D eigenvalue weighted by molar-refractivity contribution is 6.31. The SMILES string of the molecule is N#CC(Cl)C(Cl)c1cccc([N+](=O)[O-])c1. The minimum atomic E-state index is -0.909. The van der Waals surface area contributed by atoms with Crippen LogP contribution in [0.25, 0.3) is 0 Å². The molecule has 0 spiro atoms. The van der Waals surface area contributed by atoms with E-state index < -0.39 is 15.7 Å². The molecular weight excluding hydrogens is 239 g/mol. The Bertz CT molecular complexity index is 417. The Hall–Kier alpha value is -1.31. The molecule has 0 fully saturated rings. The average molecular weight is 245 g/mol. The first-order valence-electron chi connectivity index (χ1n) is 3.98. The summed E-state index contributed by atoms with van der Waals surface area (Å²) < 4.78 is 0. The van der Waals surface area contributed by atoms with Gasteiger partial charge >= 0.3 is 0 Å². The van der Waals surface area contributed by atoms with Crippen LogP contribution < -0.4 is 0 Å². The maximum Gasteiger partial charge on any atom is 0.269 e. The normalized spacial score (nSPS) is 13.9. The summed E-state index contributed by atoms with van der Waals surface area (Å²) in [5.74, 6) is 0. The van der Waals surface area contributed by atoms with Crippen molar-refractivity contribution in [2.75, 3.05) is 0 Å². The number of halogens is 2. The average Bonchev–Trinajstić information content (AvgIpc) is 2.27. The molecule has 6 heteroatoms. The summed E-state index contributed by atoms with van der Waals surface area (Å²) >= 11 is 11.5. The lowest BCUT2D eigenvalue weighted by atomic mass is 10.1. The van der Waals surface area contributed by atoms with Gasteiger partial charge in [-0.1, -0.05) is 12.1 Å². The molecule has 0 saturated heterocycles. The molecule has 1 aromatic rings. The van der Waals surface area contributed by atoms with Gasteiger partial charge in [0.2, 0.25) is 0 Å². The van der Waals surface area contributed by atoms with Gasteiger partial charge in [0.15, 0.2) is 0 Å². The summed E-state index contributed by atoms with van der Waals surface area (Å²) in [6.45, 7) is 0. The second-order valence-electron chi connectivity index (χ2n) is 2.78. The van der Waals surface area contributed by atoms with Crippen molar-refractivity contribution in [1.82, 2.24) is 0 Å². The fraction of sp³-hybridized carbons (Fsp3) is 0.222. The Morgan fingerprint density at radius 1 is 1.47 bits per heavy atom. The zero-order valence-electron chi connectivity index (χ0n) is 7.43. The molecule has 1 rings (SSSR count). The van der Waals surface area contributed by atoms with Gasteiger partial charge in [0, 0.05) is 12.1 Å². The van der Waals surface area contributed by atoms with E-state index in [0.717, 1.165) is 0 Å². The molecule has 0 aromatic heterocycles. The van der Waals surface area contributed by atoms with E-state index in [0.29, 0.717) is 5.56 Å². The number of hydrogen-bond acceptors (Lipinski definition) is 3. The largest absolute Gasteiger partial charge is 0.269 e. The lowest BCUT2D eigenvalue weighted by Crippen LogP contribution is -2.04. The summed E-state index contributed by atoms with van der Waals surface area (Å²) in [6.07, 6.45) is 0. The summed E-state index contributed by atoms with van der Waals surface area (Å²) in [7, 11) is 0. The number of nitro groups is 1. The maximum atomic E-state index is 10.5. The smallest absolute Gasteiger partial charge is 0.258 e. The third-order valence-corrected chi connectivity index (χ3v) is 2.76. The summed E-state index contributed by atoms with van der Waals surface area (Å²) in [5.41, 5.74) is 0.396. The molecular formula is C9H6Cl2N2O2. The predicted octanol–water partition coefficient (Wildman–Crippen LogP) is 3.01. The summed E-state index contributed by atoms with van der Waals surface area (Å²) in [5, 5.41) is 17.4. The molecule has 0 bridgehead atoms. The van der Waals surface area contributed by atoms with E-state index in [1.54, 1.807) is 12.1 Å². The minimum Gasteiger partial charge on any atom is -0.258 e. The molecule has 0 radical (unpaired) electrons. The number of alkyl halides is 2. The lowest BCUT2D eigenvalue weighted by molar-refractivity contribution is -0.384. The lowest BCUT2D eigenvalue weighted by Gasteiger charge is -2.09. The highest BCUT2D eigenvalue weighted by Crippen LogP contribution is 2.29. The Balaban J connectivity index is 3.01. The summed E-state index contributed by atoms with van der Waals surface area (Å²) in [4.78, 5) is 9.95. The highest BCUT2D eigenvalue weighted by atomic mass is 35.5. The molecule has 2 atom stereocenters. The highest BCUT2D eigenvalue weighted by Gasteiger charge is 2.19. The maximum absolute atomic E-state index is 10.5. The number of hydrogen-bond donors (Lipinski definition) is 0. The van der Waals surface area contributed by atoms with Crippen molar-refractivity contribution in [3.8, 4) is 6.07 Å². The number of benzene rings is 1. The van der Waals surface area contributed by atoms with Crippen LogP contribution in [0, 0.1) is 21.4 Å². The summed E-state index contributed by atoms with van der Waals surface area (Å²) in [6, 6.07) is 7.53. The monoisotopic (exact) mass is 244 g/mol. The zero-order valence-corrected chi connectivity index (χ0v) is 8.94. The molecule has 0 amide bonds. The second kappa shape index (κ2) is 4.96. The number of rotatable bonds is 3. The van der Waals surface area contributed by atoms with Crippen LogP contribution in [-0.4, -0.2) is 10.3 Å². The Kier molecular flexibility index (Phi) is 3.89. The molecule has 0 N–H and O–H groups in total. The van der Waals surface area contributed by atoms with Crippen LogP contribution in [0.5, 0.6) is 0 Å². The van der Waals surface area contributed by atoms with Crippen LogP contribution in [0.1, 0.15) is 10.9 Å². The molecule has 0 heterocycles. The van der Waals surface area contributed by atoms with E-state index in [4.69, 9.17) is 28.5 Å². The molecule has 15 heavy (non-hydrogen) atoms. The van der Waals surface area contributed by atoms with Crippen LogP contribution in [0.15, 0.2) is 24.3 Å². The van der Waals surface area contributed by atoms with E-state index in [1.165, 1.54) is 18.2 Å². The number of nitrogens with zero attached hydrogens (tertiary/aromatic N) is 2. The van der Waals surface area contributed by atoms with Crippen molar-refractivity contribution in [2.24, 2.45) is 0 Å². The third-order valence-electron chi connectivity index (χ3n) is 1.78. The van der Waals surface area contributed by atoms with Gasteiger partial charge in [-0.25, -0.2) is 0 Å². The van der Waals surface area contributed by atoms with Crippen molar-refractivity contribution >= 4 is 28.9 Å². The Morgan fingerprint density at radius 3 is 2.67 bits per heavy atom. The fourth-order valence-electron chi connectivity index (χ4n) is 1.04. The van der Waals surface area contributed by atoms with Crippen LogP contribution in [-0.2, 0) is 0 Å². The first-order valence-corrected chi connectivity index (χ1v) is 4.85. The molecule has 0 aliphatic heterocycles. The van der Waals surface area contributed by atoms with E-state index in [2.05, 4.69) is 0 Å². The van der Waals surface area contributed by atoms with Gasteiger partial charge in [-0.05, 0) is 5.56 Å². The molecule has 2 unspecified atom stereocenters. The topological polar surface area (TPSA) is 66.9 Å². The van der Waals surface area contributed by atoms with E-state index in [9.17, 15) is 10.1 Å². The van der Waals surface area contributed by atoms with Gasteiger partial charge in [0.25, 0.3) is 5.69 Å². The van der Waals surface area contributed by atoms with Gasteiger partial charge in [-0.3, -0.25) is 10.1 Å². The number of non-ortho nitro benzene ring substituents is 1. The van der Waals surface area contributed by atoms with Gasteiger partial charge < -0.3 is 0 Å². The van der Waals surface area contributed by atoms with E-state index >= 15 is 0 Å². The number of nitro benzene ring substituents is 1. The van der Waals surface area contributed by atoms with Gasteiger partial charge in [0.05, 0.1) is 16.4 Å². The first-order chi connectivity index (χ1) is 7.06.